The highest BCUT2D eigenvalue weighted by atomic mass is 15.1. The summed E-state index contributed by atoms with van der Waals surface area (Å²) in [6, 6.07) is 7.89. The maximum absolute atomic E-state index is 5.63. The Morgan fingerprint density at radius 3 is 2.70 bits per heavy atom. The van der Waals surface area contributed by atoms with Crippen LogP contribution in [0.15, 0.2) is 55.4 Å². The Kier molecular flexibility index (Phi) is 3.16. The normalized spacial score (nSPS) is 12.2. The zero-order valence-corrected chi connectivity index (χ0v) is 11.1. The molecular weight excluding hydrogens is 250 g/mol. The van der Waals surface area contributed by atoms with Crippen molar-refractivity contribution in [2.24, 2.45) is 0 Å². The molecule has 0 bridgehead atoms. The highest BCUT2D eigenvalue weighted by Crippen LogP contribution is 2.25. The fourth-order valence-electron chi connectivity index (χ4n) is 2.18. The molecule has 1 atom stereocenters. The number of hydrogen-bond donors (Lipinski definition) is 1. The quantitative estimate of drug-likeness (QED) is 0.790. The molecule has 3 heterocycles. The molecular formula is C15H15N5. The van der Waals surface area contributed by atoms with Crippen molar-refractivity contribution in [3.05, 3.63) is 60.9 Å². The summed E-state index contributed by atoms with van der Waals surface area (Å²) in [5, 5.41) is 0. The zero-order valence-electron chi connectivity index (χ0n) is 11.1. The van der Waals surface area contributed by atoms with Crippen LogP contribution in [0.5, 0.6) is 0 Å². The van der Waals surface area contributed by atoms with Gasteiger partial charge in [0, 0.05) is 24.2 Å². The third-order valence-electron chi connectivity index (χ3n) is 3.33. The van der Waals surface area contributed by atoms with Gasteiger partial charge in [-0.1, -0.05) is 6.07 Å². The van der Waals surface area contributed by atoms with Crippen molar-refractivity contribution in [1.82, 2.24) is 19.5 Å². The van der Waals surface area contributed by atoms with Crippen LogP contribution in [-0.4, -0.2) is 19.5 Å². The van der Waals surface area contributed by atoms with Crippen molar-refractivity contribution >= 4 is 5.82 Å². The molecule has 1 unspecified atom stereocenters. The molecule has 0 fully saturated rings. The fourth-order valence-corrected chi connectivity index (χ4v) is 2.18. The van der Waals surface area contributed by atoms with E-state index in [1.54, 1.807) is 18.5 Å². The molecule has 0 amide bonds. The lowest BCUT2D eigenvalue weighted by molar-refractivity contribution is 0.642. The average molecular weight is 265 g/mol. The molecule has 0 radical (unpaired) electrons. The Bertz CT molecular complexity index is 688. The summed E-state index contributed by atoms with van der Waals surface area (Å²) in [6.07, 6.45) is 9.06. The van der Waals surface area contributed by atoms with Crippen molar-refractivity contribution in [2.75, 3.05) is 5.73 Å². The Morgan fingerprint density at radius 2 is 2.00 bits per heavy atom. The molecule has 20 heavy (non-hydrogen) atoms. The van der Waals surface area contributed by atoms with E-state index in [1.165, 1.54) is 0 Å². The summed E-state index contributed by atoms with van der Waals surface area (Å²) in [5.41, 5.74) is 8.76. The molecule has 2 N–H and O–H groups in total. The van der Waals surface area contributed by atoms with Gasteiger partial charge in [0.25, 0.3) is 0 Å². The molecule has 5 heteroatoms. The minimum absolute atomic E-state index is 0.152. The first-order valence-electron chi connectivity index (χ1n) is 6.39. The van der Waals surface area contributed by atoms with Crippen LogP contribution in [0.3, 0.4) is 0 Å². The van der Waals surface area contributed by atoms with Crippen LogP contribution in [0.1, 0.15) is 18.5 Å². The van der Waals surface area contributed by atoms with Crippen molar-refractivity contribution in [1.29, 1.82) is 0 Å². The monoisotopic (exact) mass is 265 g/mol. The van der Waals surface area contributed by atoms with Gasteiger partial charge in [0.1, 0.15) is 5.82 Å². The number of nitrogen functional groups attached to an aromatic ring is 1. The van der Waals surface area contributed by atoms with E-state index in [9.17, 15) is 0 Å². The standard InChI is InChI=1S/C15H15N5/c1-11(12-3-2-6-17-7-12)20-10-18-9-14(20)13-4-5-15(16)19-8-13/h2-11H,1H3,(H2,16,19). The second-order valence-corrected chi connectivity index (χ2v) is 4.62. The van der Waals surface area contributed by atoms with Crippen LogP contribution in [-0.2, 0) is 0 Å². The van der Waals surface area contributed by atoms with E-state index in [4.69, 9.17) is 5.73 Å². The molecule has 0 spiro atoms. The Morgan fingerprint density at radius 1 is 1.10 bits per heavy atom. The lowest BCUT2D eigenvalue weighted by Gasteiger charge is -2.16. The van der Waals surface area contributed by atoms with Gasteiger partial charge in [-0.3, -0.25) is 4.98 Å². The SMILES string of the molecule is CC(c1cccnc1)n1cncc1-c1ccc(N)nc1. The van der Waals surface area contributed by atoms with E-state index in [1.807, 2.05) is 30.9 Å². The van der Waals surface area contributed by atoms with Gasteiger partial charge in [0.05, 0.1) is 24.3 Å². The number of rotatable bonds is 3. The third-order valence-corrected chi connectivity index (χ3v) is 3.33. The van der Waals surface area contributed by atoms with Crippen molar-refractivity contribution in [3.63, 3.8) is 0 Å². The molecule has 5 nitrogen and oxygen atoms in total. The van der Waals surface area contributed by atoms with E-state index < -0.39 is 0 Å². The maximum atomic E-state index is 5.63. The Labute approximate surface area is 117 Å². The fraction of sp³-hybridized carbons (Fsp3) is 0.133. The van der Waals surface area contributed by atoms with Gasteiger partial charge < -0.3 is 10.3 Å². The minimum Gasteiger partial charge on any atom is -0.384 e. The molecule has 0 aromatic carbocycles. The minimum atomic E-state index is 0.152. The van der Waals surface area contributed by atoms with Crippen LogP contribution in [0, 0.1) is 0 Å². The third kappa shape index (κ3) is 2.25. The first kappa shape index (κ1) is 12.3. The van der Waals surface area contributed by atoms with E-state index in [-0.39, 0.29) is 6.04 Å². The second kappa shape index (κ2) is 5.13. The first-order valence-corrected chi connectivity index (χ1v) is 6.39. The van der Waals surface area contributed by atoms with Gasteiger partial charge in [-0.2, -0.15) is 0 Å². The van der Waals surface area contributed by atoms with Gasteiger partial charge in [-0.25, -0.2) is 9.97 Å². The van der Waals surface area contributed by atoms with E-state index in [2.05, 4.69) is 32.5 Å². The average Bonchev–Trinajstić information content (AvgIpc) is 2.97. The van der Waals surface area contributed by atoms with E-state index in [0.717, 1.165) is 16.8 Å². The maximum Gasteiger partial charge on any atom is 0.123 e. The highest BCUT2D eigenvalue weighted by molar-refractivity contribution is 5.59. The number of nitrogens with two attached hydrogens (primary N) is 1. The van der Waals surface area contributed by atoms with Crippen molar-refractivity contribution in [2.45, 2.75) is 13.0 Å². The van der Waals surface area contributed by atoms with Gasteiger partial charge >= 0.3 is 0 Å². The molecule has 3 aromatic heterocycles. The lowest BCUT2D eigenvalue weighted by Crippen LogP contribution is -2.07. The molecule has 0 aliphatic heterocycles. The molecule has 0 aliphatic carbocycles. The topological polar surface area (TPSA) is 69.6 Å². The van der Waals surface area contributed by atoms with Crippen LogP contribution in [0.4, 0.5) is 5.82 Å². The number of pyridine rings is 2. The highest BCUT2D eigenvalue weighted by Gasteiger charge is 2.13. The molecule has 0 saturated carbocycles. The Hall–Kier alpha value is -2.69. The molecule has 0 aliphatic rings. The number of hydrogen-bond acceptors (Lipinski definition) is 4. The summed E-state index contributed by atoms with van der Waals surface area (Å²) in [7, 11) is 0. The largest absolute Gasteiger partial charge is 0.384 e. The molecule has 3 aromatic rings. The summed E-state index contributed by atoms with van der Waals surface area (Å²) in [4.78, 5) is 12.6. The van der Waals surface area contributed by atoms with E-state index in [0.29, 0.717) is 5.82 Å². The zero-order chi connectivity index (χ0) is 13.9. The predicted octanol–water partition coefficient (Wildman–Crippen LogP) is 2.53. The predicted molar refractivity (Wildman–Crippen MR) is 77.9 cm³/mol. The number of aromatic nitrogens is 4. The first-order chi connectivity index (χ1) is 9.75. The van der Waals surface area contributed by atoms with Crippen LogP contribution in [0.25, 0.3) is 11.3 Å². The van der Waals surface area contributed by atoms with Crippen molar-refractivity contribution in [3.8, 4) is 11.3 Å². The van der Waals surface area contributed by atoms with Gasteiger partial charge in [0.15, 0.2) is 0 Å². The van der Waals surface area contributed by atoms with Crippen molar-refractivity contribution < 1.29 is 0 Å². The number of nitrogens with zero attached hydrogens (tertiary/aromatic N) is 4. The summed E-state index contributed by atoms with van der Waals surface area (Å²) >= 11 is 0. The van der Waals surface area contributed by atoms with Gasteiger partial charge in [-0.05, 0) is 30.7 Å². The van der Waals surface area contributed by atoms with Crippen LogP contribution in [0.2, 0.25) is 0 Å². The molecule has 3 rings (SSSR count). The smallest absolute Gasteiger partial charge is 0.123 e. The van der Waals surface area contributed by atoms with Gasteiger partial charge in [-0.15, -0.1) is 0 Å². The van der Waals surface area contributed by atoms with E-state index >= 15 is 0 Å². The number of imidazole rings is 1. The summed E-state index contributed by atoms with van der Waals surface area (Å²) < 4.78 is 2.10. The van der Waals surface area contributed by atoms with Crippen LogP contribution < -0.4 is 5.73 Å². The molecule has 100 valence electrons. The lowest BCUT2D eigenvalue weighted by atomic mass is 10.1. The second-order valence-electron chi connectivity index (χ2n) is 4.62. The summed E-state index contributed by atoms with van der Waals surface area (Å²) in [6.45, 7) is 2.12. The Balaban J connectivity index is 2.00. The molecule has 0 saturated heterocycles. The number of anilines is 1. The van der Waals surface area contributed by atoms with Gasteiger partial charge in [0.2, 0.25) is 0 Å². The van der Waals surface area contributed by atoms with Crippen LogP contribution >= 0.6 is 0 Å². The summed E-state index contributed by atoms with van der Waals surface area (Å²) in [5.74, 6) is 0.514.